The van der Waals surface area contributed by atoms with E-state index in [9.17, 15) is 4.79 Å². The molecule has 0 saturated carbocycles. The van der Waals surface area contributed by atoms with E-state index < -0.39 is 0 Å². The summed E-state index contributed by atoms with van der Waals surface area (Å²) in [4.78, 5) is 17.1. The molecule has 0 spiro atoms. The van der Waals surface area contributed by atoms with Crippen molar-refractivity contribution in [3.8, 4) is 5.75 Å². The summed E-state index contributed by atoms with van der Waals surface area (Å²) in [6.07, 6.45) is 2.31. The molecule has 1 atom stereocenters. The number of hydrogen-bond acceptors (Lipinski definition) is 5. The predicted molar refractivity (Wildman–Crippen MR) is 105 cm³/mol. The van der Waals surface area contributed by atoms with Crippen molar-refractivity contribution in [3.63, 3.8) is 0 Å². The van der Waals surface area contributed by atoms with Gasteiger partial charge in [0.2, 0.25) is 0 Å². The molecule has 2 bridgehead atoms. The minimum Gasteiger partial charge on any atom is -0.497 e. The largest absolute Gasteiger partial charge is 0.497 e. The van der Waals surface area contributed by atoms with Crippen LogP contribution >= 0.6 is 0 Å². The van der Waals surface area contributed by atoms with E-state index in [1.54, 1.807) is 7.11 Å². The summed E-state index contributed by atoms with van der Waals surface area (Å²) in [5.41, 5.74) is 1.90. The summed E-state index contributed by atoms with van der Waals surface area (Å²) >= 11 is 0. The van der Waals surface area contributed by atoms with Crippen LogP contribution in [0.2, 0.25) is 0 Å². The van der Waals surface area contributed by atoms with Crippen LogP contribution in [0.1, 0.15) is 12.8 Å². The van der Waals surface area contributed by atoms with Crippen LogP contribution < -0.4 is 9.64 Å². The number of benzene rings is 2. The van der Waals surface area contributed by atoms with Gasteiger partial charge in [0.1, 0.15) is 18.4 Å². The third kappa shape index (κ3) is 4.08. The molecule has 3 saturated heterocycles. The summed E-state index contributed by atoms with van der Waals surface area (Å²) in [6.45, 7) is 3.35. The van der Waals surface area contributed by atoms with Gasteiger partial charge < -0.3 is 14.4 Å². The van der Waals surface area contributed by atoms with E-state index >= 15 is 0 Å². The maximum Gasteiger partial charge on any atom is 0.326 e. The van der Waals surface area contributed by atoms with E-state index in [2.05, 4.69) is 4.90 Å². The van der Waals surface area contributed by atoms with Crippen molar-refractivity contribution in [1.82, 2.24) is 4.90 Å². The second-order valence-electron chi connectivity index (χ2n) is 7.29. The summed E-state index contributed by atoms with van der Waals surface area (Å²) in [5, 5.41) is 0. The molecule has 5 rings (SSSR count). The van der Waals surface area contributed by atoms with Crippen LogP contribution in [0, 0.1) is 5.92 Å². The predicted octanol–water partition coefficient (Wildman–Crippen LogP) is 3.47. The molecule has 0 N–H and O–H groups in total. The lowest BCUT2D eigenvalue weighted by Crippen LogP contribution is -2.52. The molecule has 0 radical (unpaired) electrons. The number of hydrogen-bond donors (Lipinski definition) is 0. The third-order valence-electron chi connectivity index (χ3n) is 5.62. The van der Waals surface area contributed by atoms with Crippen molar-refractivity contribution in [3.05, 3.63) is 54.6 Å². The highest BCUT2D eigenvalue weighted by molar-refractivity contribution is 5.80. The van der Waals surface area contributed by atoms with Crippen LogP contribution in [0.5, 0.6) is 5.75 Å². The van der Waals surface area contributed by atoms with Crippen LogP contribution in [0.25, 0.3) is 0 Å². The van der Waals surface area contributed by atoms with Crippen LogP contribution in [0.3, 0.4) is 0 Å². The van der Waals surface area contributed by atoms with Crippen molar-refractivity contribution >= 4 is 17.3 Å². The second-order valence-corrected chi connectivity index (χ2v) is 7.29. The van der Waals surface area contributed by atoms with E-state index in [0.29, 0.717) is 5.92 Å². The normalized spacial score (nSPS) is 23.7. The van der Waals surface area contributed by atoms with Gasteiger partial charge in [-0.25, -0.2) is 0 Å². The zero-order valence-corrected chi connectivity index (χ0v) is 15.7. The molecule has 3 fully saturated rings. The molecule has 0 aliphatic carbocycles. The number of carbonyl (C=O) groups is 1. The summed E-state index contributed by atoms with van der Waals surface area (Å²) in [7, 11) is 1.65. The molecule has 0 unspecified atom stereocenters. The van der Waals surface area contributed by atoms with Crippen LogP contribution in [-0.4, -0.2) is 50.3 Å². The molecular weight excluding hydrogens is 340 g/mol. The Bertz CT molecular complexity index is 755. The van der Waals surface area contributed by atoms with Crippen molar-refractivity contribution in [1.29, 1.82) is 0 Å². The number of carbonyl (C=O) groups excluding carboxylic acids is 1. The molecule has 2 aromatic rings. The Kier molecular flexibility index (Phi) is 5.30. The maximum atomic E-state index is 12.8. The van der Waals surface area contributed by atoms with Crippen molar-refractivity contribution < 1.29 is 14.3 Å². The Hall–Kier alpha value is -2.53. The van der Waals surface area contributed by atoms with Crippen molar-refractivity contribution in [2.75, 3.05) is 38.2 Å². The van der Waals surface area contributed by atoms with Gasteiger partial charge in [0.05, 0.1) is 7.11 Å². The van der Waals surface area contributed by atoms with E-state index in [0.717, 1.165) is 49.6 Å². The van der Waals surface area contributed by atoms with Gasteiger partial charge in [-0.1, -0.05) is 18.2 Å². The average Bonchev–Trinajstić information content (AvgIpc) is 2.74. The van der Waals surface area contributed by atoms with Crippen LogP contribution in [0.4, 0.5) is 11.4 Å². The number of fused-ring (bicyclic) bond motifs is 3. The monoisotopic (exact) mass is 366 g/mol. The molecule has 3 heterocycles. The number of methoxy groups -OCH3 is 1. The third-order valence-corrected chi connectivity index (χ3v) is 5.62. The van der Waals surface area contributed by atoms with Crippen molar-refractivity contribution in [2.24, 2.45) is 5.92 Å². The lowest BCUT2D eigenvalue weighted by molar-refractivity contribution is -0.156. The number of ether oxygens (including phenoxy) is 2. The minimum atomic E-state index is -0.173. The Balaban J connectivity index is 1.49. The van der Waals surface area contributed by atoms with Gasteiger partial charge in [-0.05, 0) is 68.2 Å². The van der Waals surface area contributed by atoms with Crippen LogP contribution in [0.15, 0.2) is 54.6 Å². The van der Waals surface area contributed by atoms with Crippen molar-refractivity contribution in [2.45, 2.75) is 18.9 Å². The Morgan fingerprint density at radius 3 is 2.30 bits per heavy atom. The Morgan fingerprint density at radius 1 is 1.04 bits per heavy atom. The number of piperidine rings is 3. The number of anilines is 2. The highest BCUT2D eigenvalue weighted by Gasteiger charge is 2.36. The molecule has 27 heavy (non-hydrogen) atoms. The van der Waals surface area contributed by atoms with Crippen LogP contribution in [-0.2, 0) is 9.53 Å². The second kappa shape index (κ2) is 8.01. The SMILES string of the molecule is COc1ccc(N(CC(=O)O[C@H]2CN3CCC2CC3)c2ccccc2)cc1. The van der Waals surface area contributed by atoms with E-state index in [1.807, 2.05) is 59.5 Å². The van der Waals surface area contributed by atoms with E-state index in [-0.39, 0.29) is 18.6 Å². The topological polar surface area (TPSA) is 42.0 Å². The van der Waals surface area contributed by atoms with Gasteiger partial charge in [0, 0.05) is 17.9 Å². The first-order valence-electron chi connectivity index (χ1n) is 9.61. The van der Waals surface area contributed by atoms with Gasteiger partial charge in [-0.2, -0.15) is 0 Å². The first-order chi connectivity index (χ1) is 13.2. The fourth-order valence-electron chi connectivity index (χ4n) is 4.08. The van der Waals surface area contributed by atoms with Gasteiger partial charge in [-0.3, -0.25) is 9.69 Å². The lowest BCUT2D eigenvalue weighted by Gasteiger charge is -2.44. The minimum absolute atomic E-state index is 0.0356. The first-order valence-corrected chi connectivity index (χ1v) is 9.61. The summed E-state index contributed by atoms with van der Waals surface area (Å²) in [6, 6.07) is 17.7. The number of esters is 1. The summed E-state index contributed by atoms with van der Waals surface area (Å²) < 4.78 is 11.1. The van der Waals surface area contributed by atoms with Gasteiger partial charge >= 0.3 is 5.97 Å². The smallest absolute Gasteiger partial charge is 0.326 e. The lowest BCUT2D eigenvalue weighted by atomic mass is 9.86. The standard InChI is InChI=1S/C22H26N2O3/c1-26-20-9-7-19(8-10-20)24(18-5-3-2-4-6-18)16-22(25)27-21-15-23-13-11-17(21)12-14-23/h2-10,17,21H,11-16H2,1H3/t21-/m0/s1. The van der Waals surface area contributed by atoms with Gasteiger partial charge in [-0.15, -0.1) is 0 Å². The van der Waals surface area contributed by atoms with Gasteiger partial charge in [0.15, 0.2) is 0 Å². The zero-order chi connectivity index (χ0) is 18.6. The molecule has 142 valence electrons. The Morgan fingerprint density at radius 2 is 1.70 bits per heavy atom. The molecule has 2 aromatic carbocycles. The summed E-state index contributed by atoms with van der Waals surface area (Å²) in [5.74, 6) is 1.14. The maximum absolute atomic E-state index is 12.8. The van der Waals surface area contributed by atoms with E-state index in [4.69, 9.17) is 9.47 Å². The van der Waals surface area contributed by atoms with E-state index in [1.165, 1.54) is 0 Å². The molecule has 3 aliphatic heterocycles. The molecule has 5 nitrogen and oxygen atoms in total. The molecule has 3 aliphatic rings. The first kappa shape index (κ1) is 17.9. The fraction of sp³-hybridized carbons (Fsp3) is 0.409. The highest BCUT2D eigenvalue weighted by Crippen LogP contribution is 2.31. The number of rotatable bonds is 6. The average molecular weight is 366 g/mol. The number of nitrogens with zero attached hydrogens (tertiary/aromatic N) is 2. The molecule has 5 heteroatoms. The highest BCUT2D eigenvalue weighted by atomic mass is 16.5. The molecular formula is C22H26N2O3. The molecule has 0 aromatic heterocycles. The molecule has 0 amide bonds. The fourth-order valence-corrected chi connectivity index (χ4v) is 4.08. The number of para-hydroxylation sites is 1. The quantitative estimate of drug-likeness (QED) is 0.733. The Labute approximate surface area is 160 Å². The van der Waals surface area contributed by atoms with Gasteiger partial charge in [0.25, 0.3) is 0 Å². The zero-order valence-electron chi connectivity index (χ0n) is 15.7.